The third-order valence-electron chi connectivity index (χ3n) is 6.14. The minimum Gasteiger partial charge on any atom is -0.341 e. The van der Waals surface area contributed by atoms with Crippen LogP contribution in [0.25, 0.3) is 0 Å². The number of carbonyl (C=O) groups is 1. The van der Waals surface area contributed by atoms with Crippen molar-refractivity contribution in [1.82, 2.24) is 14.9 Å². The first-order valence-electron chi connectivity index (χ1n) is 10.5. The lowest BCUT2D eigenvalue weighted by atomic mass is 9.93. The number of hydrogen-bond donors (Lipinski definition) is 0. The number of piperidine rings is 2. The van der Waals surface area contributed by atoms with Crippen molar-refractivity contribution in [3.8, 4) is 0 Å². The van der Waals surface area contributed by atoms with Crippen LogP contribution in [0.2, 0.25) is 0 Å². The van der Waals surface area contributed by atoms with Gasteiger partial charge in [0.2, 0.25) is 5.95 Å². The Morgan fingerprint density at radius 2 is 1.83 bits per heavy atom. The van der Waals surface area contributed by atoms with Gasteiger partial charge in [-0.1, -0.05) is 13.0 Å². The van der Waals surface area contributed by atoms with Crippen LogP contribution < -0.4 is 4.90 Å². The molecule has 162 valence electrons. The van der Waals surface area contributed by atoms with Gasteiger partial charge in [-0.3, -0.25) is 4.79 Å². The molecular formula is C21H28N4O3S2. The first-order chi connectivity index (χ1) is 14.3. The largest absolute Gasteiger partial charge is 0.341 e. The molecule has 1 amide bonds. The number of nitrogens with zero attached hydrogens (tertiary/aromatic N) is 4. The molecule has 2 aromatic heterocycles. The molecular weight excluding hydrogens is 420 g/mol. The van der Waals surface area contributed by atoms with E-state index in [4.69, 9.17) is 4.98 Å². The summed E-state index contributed by atoms with van der Waals surface area (Å²) in [6.45, 7) is 5.25. The SMILES string of the molecule is CC1CCN(c2ncc(S(C)(=O)=O)c(C3CCN(C(=O)c4cccs4)CC3)n2)CC1. The van der Waals surface area contributed by atoms with E-state index in [1.54, 1.807) is 0 Å². The van der Waals surface area contributed by atoms with Crippen molar-refractivity contribution in [1.29, 1.82) is 0 Å². The maximum Gasteiger partial charge on any atom is 0.263 e. The van der Waals surface area contributed by atoms with Crippen molar-refractivity contribution in [2.24, 2.45) is 5.92 Å². The number of sulfone groups is 1. The minimum atomic E-state index is -3.43. The van der Waals surface area contributed by atoms with E-state index in [1.165, 1.54) is 23.8 Å². The van der Waals surface area contributed by atoms with E-state index in [9.17, 15) is 13.2 Å². The van der Waals surface area contributed by atoms with Crippen LogP contribution in [0.15, 0.2) is 28.6 Å². The van der Waals surface area contributed by atoms with Gasteiger partial charge in [-0.25, -0.2) is 18.4 Å². The topological polar surface area (TPSA) is 83.5 Å². The number of hydrogen-bond acceptors (Lipinski definition) is 7. The Morgan fingerprint density at radius 1 is 1.13 bits per heavy atom. The number of amides is 1. The summed E-state index contributed by atoms with van der Waals surface area (Å²) >= 11 is 1.45. The Kier molecular flexibility index (Phi) is 6.11. The molecule has 7 nitrogen and oxygen atoms in total. The van der Waals surface area contributed by atoms with Gasteiger partial charge in [-0.15, -0.1) is 11.3 Å². The van der Waals surface area contributed by atoms with Crippen LogP contribution in [-0.2, 0) is 9.84 Å². The Balaban J connectivity index is 1.55. The Bertz CT molecular complexity index is 991. The Hall–Kier alpha value is -2.00. The van der Waals surface area contributed by atoms with E-state index in [2.05, 4.69) is 16.8 Å². The summed E-state index contributed by atoms with van der Waals surface area (Å²) in [6.07, 6.45) is 6.28. The van der Waals surface area contributed by atoms with Gasteiger partial charge in [-0.2, -0.15) is 0 Å². The average molecular weight is 449 g/mol. The molecule has 4 rings (SSSR count). The van der Waals surface area contributed by atoms with Crippen molar-refractivity contribution in [2.75, 3.05) is 37.3 Å². The van der Waals surface area contributed by atoms with Gasteiger partial charge < -0.3 is 9.80 Å². The average Bonchev–Trinajstić information content (AvgIpc) is 3.28. The van der Waals surface area contributed by atoms with Gasteiger partial charge in [-0.05, 0) is 43.0 Å². The number of thiophene rings is 1. The maximum absolute atomic E-state index is 12.6. The van der Waals surface area contributed by atoms with E-state index >= 15 is 0 Å². The molecule has 2 aliphatic rings. The van der Waals surface area contributed by atoms with E-state index < -0.39 is 9.84 Å². The van der Waals surface area contributed by atoms with Gasteiger partial charge in [0.15, 0.2) is 9.84 Å². The van der Waals surface area contributed by atoms with Crippen LogP contribution >= 0.6 is 11.3 Å². The van der Waals surface area contributed by atoms with E-state index in [0.717, 1.165) is 30.8 Å². The molecule has 0 bridgehead atoms. The highest BCUT2D eigenvalue weighted by Gasteiger charge is 2.30. The third kappa shape index (κ3) is 4.51. The highest BCUT2D eigenvalue weighted by molar-refractivity contribution is 7.90. The van der Waals surface area contributed by atoms with Crippen LogP contribution in [0.4, 0.5) is 5.95 Å². The lowest BCUT2D eigenvalue weighted by molar-refractivity contribution is 0.0716. The molecule has 0 aliphatic carbocycles. The third-order valence-corrected chi connectivity index (χ3v) is 8.11. The number of carbonyl (C=O) groups excluding carboxylic acids is 1. The fraction of sp³-hybridized carbons (Fsp3) is 0.571. The van der Waals surface area contributed by atoms with Gasteiger partial charge in [0, 0.05) is 38.4 Å². The minimum absolute atomic E-state index is 0.00701. The molecule has 4 heterocycles. The second-order valence-electron chi connectivity index (χ2n) is 8.41. The zero-order chi connectivity index (χ0) is 21.3. The fourth-order valence-electron chi connectivity index (χ4n) is 4.23. The quantitative estimate of drug-likeness (QED) is 0.714. The summed E-state index contributed by atoms with van der Waals surface area (Å²) in [4.78, 5) is 26.8. The van der Waals surface area contributed by atoms with Crippen LogP contribution in [0.5, 0.6) is 0 Å². The molecule has 30 heavy (non-hydrogen) atoms. The summed E-state index contributed by atoms with van der Waals surface area (Å²) in [5, 5.41) is 1.90. The molecule has 2 aliphatic heterocycles. The zero-order valence-electron chi connectivity index (χ0n) is 17.5. The highest BCUT2D eigenvalue weighted by atomic mass is 32.2. The van der Waals surface area contributed by atoms with Crippen molar-refractivity contribution in [3.63, 3.8) is 0 Å². The number of aromatic nitrogens is 2. The highest BCUT2D eigenvalue weighted by Crippen LogP contribution is 2.33. The predicted molar refractivity (Wildman–Crippen MR) is 118 cm³/mol. The molecule has 0 unspecified atom stereocenters. The second-order valence-corrected chi connectivity index (χ2v) is 11.3. The lowest BCUT2D eigenvalue weighted by Gasteiger charge is -2.33. The summed E-state index contributed by atoms with van der Waals surface area (Å²) in [5.41, 5.74) is 0.615. The summed E-state index contributed by atoms with van der Waals surface area (Å²) in [5.74, 6) is 1.38. The molecule has 0 saturated carbocycles. The van der Waals surface area contributed by atoms with Crippen molar-refractivity contribution in [3.05, 3.63) is 34.3 Å². The monoisotopic (exact) mass is 448 g/mol. The number of rotatable bonds is 4. The van der Waals surface area contributed by atoms with Crippen molar-refractivity contribution < 1.29 is 13.2 Å². The predicted octanol–water partition coefficient (Wildman–Crippen LogP) is 3.20. The molecule has 0 spiro atoms. The Labute approximate surface area is 182 Å². The van der Waals surface area contributed by atoms with Gasteiger partial charge >= 0.3 is 0 Å². The maximum atomic E-state index is 12.6. The normalized spacial score (nSPS) is 19.3. The second kappa shape index (κ2) is 8.63. The smallest absolute Gasteiger partial charge is 0.263 e. The number of anilines is 1. The van der Waals surface area contributed by atoms with Gasteiger partial charge in [0.1, 0.15) is 4.90 Å². The van der Waals surface area contributed by atoms with Gasteiger partial charge in [0.25, 0.3) is 5.91 Å². The van der Waals surface area contributed by atoms with Crippen LogP contribution in [0.1, 0.15) is 53.9 Å². The first kappa shape index (κ1) is 21.2. The van der Waals surface area contributed by atoms with E-state index in [-0.39, 0.29) is 16.7 Å². The van der Waals surface area contributed by atoms with Gasteiger partial charge in [0.05, 0.1) is 16.8 Å². The molecule has 2 fully saturated rings. The molecule has 2 saturated heterocycles. The van der Waals surface area contributed by atoms with Crippen molar-refractivity contribution >= 4 is 33.0 Å². The molecule has 0 atom stereocenters. The summed E-state index contributed by atoms with van der Waals surface area (Å²) in [6, 6.07) is 3.73. The zero-order valence-corrected chi connectivity index (χ0v) is 19.1. The van der Waals surface area contributed by atoms with E-state index in [0.29, 0.717) is 43.5 Å². The first-order valence-corrected chi connectivity index (χ1v) is 13.2. The summed E-state index contributed by atoms with van der Waals surface area (Å²) < 4.78 is 24.8. The summed E-state index contributed by atoms with van der Waals surface area (Å²) in [7, 11) is -3.43. The lowest BCUT2D eigenvalue weighted by Crippen LogP contribution is -2.38. The molecule has 0 N–H and O–H groups in total. The van der Waals surface area contributed by atoms with Crippen LogP contribution in [-0.4, -0.2) is 61.6 Å². The molecule has 0 radical (unpaired) electrons. The molecule has 2 aromatic rings. The number of likely N-dealkylation sites (tertiary alicyclic amines) is 1. The van der Waals surface area contributed by atoms with Crippen LogP contribution in [0, 0.1) is 5.92 Å². The molecule has 0 aromatic carbocycles. The van der Waals surface area contributed by atoms with Crippen LogP contribution in [0.3, 0.4) is 0 Å². The van der Waals surface area contributed by atoms with E-state index in [1.807, 2.05) is 22.4 Å². The molecule has 9 heteroatoms. The Morgan fingerprint density at radius 3 is 2.43 bits per heavy atom. The standard InChI is InChI=1S/C21H28N4O3S2/c1-15-5-9-25(10-6-15)21-22-14-18(30(2,27)28)19(23-21)16-7-11-24(12-8-16)20(26)17-4-3-13-29-17/h3-4,13-16H,5-12H2,1-2H3. The fourth-order valence-corrected chi connectivity index (χ4v) is 5.75. The van der Waals surface area contributed by atoms with Crippen molar-refractivity contribution in [2.45, 2.75) is 43.4 Å².